The molecule has 0 saturated carbocycles. The first-order chi connectivity index (χ1) is 10.8. The lowest BCUT2D eigenvalue weighted by Crippen LogP contribution is -2.42. The third kappa shape index (κ3) is 4.96. The first-order valence-corrected chi connectivity index (χ1v) is 9.32. The molecular weight excluding hydrogens is 336 g/mol. The Labute approximate surface area is 142 Å². The number of hydrogen-bond acceptors (Lipinski definition) is 5. The van der Waals surface area contributed by atoms with Crippen LogP contribution in [0.1, 0.15) is 19.4 Å². The molecule has 5 nitrogen and oxygen atoms in total. The van der Waals surface area contributed by atoms with Crippen molar-refractivity contribution >= 4 is 21.4 Å². The van der Waals surface area contributed by atoms with Gasteiger partial charge in [0.05, 0.1) is 18.0 Å². The van der Waals surface area contributed by atoms with Crippen molar-refractivity contribution in [2.75, 3.05) is 13.1 Å². The lowest BCUT2D eigenvalue weighted by Gasteiger charge is -2.34. The Balaban J connectivity index is 2.19. The molecule has 0 bridgehead atoms. The maximum Gasteiger partial charge on any atom is 0.193 e. The van der Waals surface area contributed by atoms with E-state index in [1.54, 1.807) is 24.3 Å². The quantitative estimate of drug-likeness (QED) is 0.777. The van der Waals surface area contributed by atoms with Crippen LogP contribution in [0.15, 0.2) is 35.4 Å². The topological polar surface area (TPSA) is 70.4 Å². The minimum atomic E-state index is -3.70. The molecule has 0 radical (unpaired) electrons. The third-order valence-corrected chi connectivity index (χ3v) is 5.30. The molecule has 1 aliphatic rings. The van der Waals surface area contributed by atoms with Gasteiger partial charge in [-0.05, 0) is 31.5 Å². The van der Waals surface area contributed by atoms with Gasteiger partial charge < -0.3 is 9.64 Å². The lowest BCUT2D eigenvalue weighted by atomic mass is 10.2. The van der Waals surface area contributed by atoms with Crippen LogP contribution in [0.2, 0.25) is 5.02 Å². The van der Waals surface area contributed by atoms with Crippen LogP contribution in [0.5, 0.6) is 0 Å². The smallest absolute Gasteiger partial charge is 0.193 e. The van der Waals surface area contributed by atoms with Crippen molar-refractivity contribution in [2.24, 2.45) is 0 Å². The Morgan fingerprint density at radius 3 is 2.43 bits per heavy atom. The Morgan fingerprint density at radius 2 is 1.91 bits per heavy atom. The van der Waals surface area contributed by atoms with Gasteiger partial charge in [-0.15, -0.1) is 0 Å². The second kappa shape index (κ2) is 7.35. The minimum Gasteiger partial charge on any atom is -0.372 e. The number of nitriles is 1. The summed E-state index contributed by atoms with van der Waals surface area (Å²) in [7, 11) is -3.70. The molecule has 1 aliphatic heterocycles. The molecule has 2 rings (SSSR count). The highest BCUT2D eigenvalue weighted by Crippen LogP contribution is 2.19. The molecule has 0 aliphatic carbocycles. The van der Waals surface area contributed by atoms with Crippen molar-refractivity contribution in [3.63, 3.8) is 0 Å². The standard InChI is InChI=1S/C16H19ClN2O3S/c1-12-8-19(9-13(2)22-12)10-16(7-18)23(20,21)11-14-3-5-15(17)6-4-14/h3-6,10,12-13H,8-9,11H2,1-2H3/b16-10+. The summed E-state index contributed by atoms with van der Waals surface area (Å²) in [6.07, 6.45) is 1.42. The number of rotatable bonds is 4. The zero-order valence-corrected chi connectivity index (χ0v) is 14.6. The molecule has 0 spiro atoms. The maximum absolute atomic E-state index is 12.5. The predicted molar refractivity (Wildman–Crippen MR) is 89.4 cm³/mol. The molecule has 2 unspecified atom stereocenters. The maximum atomic E-state index is 12.5. The van der Waals surface area contributed by atoms with E-state index in [9.17, 15) is 13.7 Å². The highest BCUT2D eigenvalue weighted by Gasteiger charge is 2.24. The normalized spacial score (nSPS) is 22.7. The lowest BCUT2D eigenvalue weighted by molar-refractivity contribution is -0.0541. The minimum absolute atomic E-state index is 0.00564. The van der Waals surface area contributed by atoms with E-state index < -0.39 is 9.84 Å². The first kappa shape index (κ1) is 17.8. The van der Waals surface area contributed by atoms with E-state index in [1.165, 1.54) is 6.20 Å². The monoisotopic (exact) mass is 354 g/mol. The summed E-state index contributed by atoms with van der Waals surface area (Å²) in [5.74, 6) is -0.223. The molecule has 23 heavy (non-hydrogen) atoms. The van der Waals surface area contributed by atoms with E-state index in [2.05, 4.69) is 0 Å². The molecule has 7 heteroatoms. The molecule has 0 amide bonds. The van der Waals surface area contributed by atoms with Crippen LogP contribution in [-0.2, 0) is 20.3 Å². The number of nitrogens with zero attached hydrogens (tertiary/aromatic N) is 2. The molecular formula is C16H19ClN2O3S. The fourth-order valence-corrected chi connectivity index (χ4v) is 3.91. The van der Waals surface area contributed by atoms with Gasteiger partial charge >= 0.3 is 0 Å². The average Bonchev–Trinajstić information content (AvgIpc) is 2.46. The Kier molecular flexibility index (Phi) is 5.69. The van der Waals surface area contributed by atoms with Crippen molar-refractivity contribution < 1.29 is 13.2 Å². The van der Waals surface area contributed by atoms with Gasteiger partial charge in [0, 0.05) is 24.3 Å². The summed E-state index contributed by atoms with van der Waals surface area (Å²) in [5.41, 5.74) is 0.597. The van der Waals surface area contributed by atoms with E-state index in [0.29, 0.717) is 23.7 Å². The zero-order chi connectivity index (χ0) is 17.0. The van der Waals surface area contributed by atoms with Crippen molar-refractivity contribution in [2.45, 2.75) is 31.8 Å². The van der Waals surface area contributed by atoms with Crippen LogP contribution in [-0.4, -0.2) is 38.6 Å². The van der Waals surface area contributed by atoms with Crippen molar-refractivity contribution in [1.82, 2.24) is 4.90 Å². The molecule has 0 aromatic heterocycles. The number of hydrogen-bond donors (Lipinski definition) is 0. The number of sulfone groups is 1. The van der Waals surface area contributed by atoms with E-state index in [-0.39, 0.29) is 22.9 Å². The van der Waals surface area contributed by atoms with Gasteiger partial charge in [0.25, 0.3) is 0 Å². The van der Waals surface area contributed by atoms with E-state index in [4.69, 9.17) is 16.3 Å². The van der Waals surface area contributed by atoms with E-state index in [0.717, 1.165) is 0 Å². The molecule has 1 heterocycles. The average molecular weight is 355 g/mol. The number of morpholine rings is 1. The van der Waals surface area contributed by atoms with E-state index >= 15 is 0 Å². The summed E-state index contributed by atoms with van der Waals surface area (Å²) in [5, 5.41) is 9.81. The zero-order valence-electron chi connectivity index (χ0n) is 13.1. The summed E-state index contributed by atoms with van der Waals surface area (Å²) < 4.78 is 30.6. The number of benzene rings is 1. The van der Waals surface area contributed by atoms with Gasteiger partial charge in [-0.1, -0.05) is 23.7 Å². The van der Waals surface area contributed by atoms with Gasteiger partial charge in [-0.3, -0.25) is 0 Å². The fourth-order valence-electron chi connectivity index (χ4n) is 2.55. The fraction of sp³-hybridized carbons (Fsp3) is 0.438. The van der Waals surface area contributed by atoms with Gasteiger partial charge in [0.2, 0.25) is 0 Å². The molecule has 1 aromatic carbocycles. The summed E-state index contributed by atoms with van der Waals surface area (Å²) in [6.45, 7) is 4.97. The van der Waals surface area contributed by atoms with Gasteiger partial charge in [0.15, 0.2) is 14.7 Å². The Morgan fingerprint density at radius 1 is 1.35 bits per heavy atom. The number of ether oxygens (including phenoxy) is 1. The number of allylic oxidation sites excluding steroid dienone is 1. The van der Waals surface area contributed by atoms with Crippen LogP contribution >= 0.6 is 11.6 Å². The van der Waals surface area contributed by atoms with Crippen molar-refractivity contribution in [1.29, 1.82) is 5.26 Å². The summed E-state index contributed by atoms with van der Waals surface area (Å²) in [4.78, 5) is 1.60. The Hall–Kier alpha value is -1.55. The molecule has 1 fully saturated rings. The molecule has 1 aromatic rings. The predicted octanol–water partition coefficient (Wildman–Crippen LogP) is 2.73. The van der Waals surface area contributed by atoms with Crippen LogP contribution in [0, 0.1) is 11.3 Å². The van der Waals surface area contributed by atoms with E-state index in [1.807, 2.05) is 24.8 Å². The molecule has 124 valence electrons. The van der Waals surface area contributed by atoms with Crippen molar-refractivity contribution in [3.05, 3.63) is 46.0 Å². The van der Waals surface area contributed by atoms with Crippen LogP contribution < -0.4 is 0 Å². The van der Waals surface area contributed by atoms with Gasteiger partial charge in [0.1, 0.15) is 6.07 Å². The second-order valence-electron chi connectivity index (χ2n) is 5.70. The van der Waals surface area contributed by atoms with Crippen LogP contribution in [0.3, 0.4) is 0 Å². The molecule has 1 saturated heterocycles. The number of halogens is 1. The van der Waals surface area contributed by atoms with Crippen LogP contribution in [0.4, 0.5) is 0 Å². The highest BCUT2D eigenvalue weighted by atomic mass is 35.5. The van der Waals surface area contributed by atoms with Crippen molar-refractivity contribution in [3.8, 4) is 6.07 Å². The van der Waals surface area contributed by atoms with Crippen LogP contribution in [0.25, 0.3) is 0 Å². The highest BCUT2D eigenvalue weighted by molar-refractivity contribution is 7.94. The summed E-state index contributed by atoms with van der Waals surface area (Å²) >= 11 is 5.80. The Bertz CT molecular complexity index is 713. The first-order valence-electron chi connectivity index (χ1n) is 7.29. The molecule has 2 atom stereocenters. The second-order valence-corrected chi connectivity index (χ2v) is 8.10. The third-order valence-electron chi connectivity index (χ3n) is 3.46. The van der Waals surface area contributed by atoms with Gasteiger partial charge in [-0.25, -0.2) is 8.42 Å². The largest absolute Gasteiger partial charge is 0.372 e. The summed E-state index contributed by atoms with van der Waals surface area (Å²) in [6, 6.07) is 8.37. The molecule has 0 N–H and O–H groups in total. The SMILES string of the molecule is CC1CN(/C=C(\C#N)S(=O)(=O)Cc2ccc(Cl)cc2)CC(C)O1. The van der Waals surface area contributed by atoms with Gasteiger partial charge in [-0.2, -0.15) is 5.26 Å².